The summed E-state index contributed by atoms with van der Waals surface area (Å²) >= 11 is 0. The van der Waals surface area contributed by atoms with Crippen LogP contribution >= 0.6 is 0 Å². The van der Waals surface area contributed by atoms with Gasteiger partial charge in [-0.2, -0.15) is 0 Å². The topological polar surface area (TPSA) is 38.7 Å². The van der Waals surface area contributed by atoms with Crippen LogP contribution in [-0.2, 0) is 5.41 Å². The summed E-state index contributed by atoms with van der Waals surface area (Å²) in [4.78, 5) is 15.0. The largest absolute Gasteiger partial charge is 0.208 e. The number of benzene rings is 6. The Bertz CT molecular complexity index is 2160. The lowest BCUT2D eigenvalue weighted by Gasteiger charge is -2.34. The van der Waals surface area contributed by atoms with Crippen LogP contribution in [0.5, 0.6) is 0 Å². The Labute approximate surface area is 277 Å². The molecular formula is C43H35N3Si. The predicted octanol–water partition coefficient (Wildman–Crippen LogP) is 9.78. The highest BCUT2D eigenvalue weighted by Crippen LogP contribution is 2.56. The van der Waals surface area contributed by atoms with E-state index in [9.17, 15) is 0 Å². The second kappa shape index (κ2) is 11.4. The van der Waals surface area contributed by atoms with Gasteiger partial charge < -0.3 is 0 Å². The normalized spacial score (nSPS) is 13.2. The third-order valence-corrected chi connectivity index (χ3v) is 11.5. The highest BCUT2D eigenvalue weighted by Gasteiger charge is 2.45. The molecule has 47 heavy (non-hydrogen) atoms. The van der Waals surface area contributed by atoms with Crippen molar-refractivity contribution in [1.29, 1.82) is 0 Å². The fourth-order valence-electron chi connectivity index (χ4n) is 7.05. The zero-order chi connectivity index (χ0) is 32.0. The van der Waals surface area contributed by atoms with E-state index in [1.165, 1.54) is 38.6 Å². The molecule has 6 aromatic carbocycles. The Morgan fingerprint density at radius 1 is 0.383 bits per heavy atom. The summed E-state index contributed by atoms with van der Waals surface area (Å²) in [6.07, 6.45) is 0. The van der Waals surface area contributed by atoms with Crippen molar-refractivity contribution in [2.75, 3.05) is 0 Å². The van der Waals surface area contributed by atoms with E-state index in [4.69, 9.17) is 15.0 Å². The fourth-order valence-corrected chi connectivity index (χ4v) is 8.22. The first kappa shape index (κ1) is 29.0. The van der Waals surface area contributed by atoms with Crippen molar-refractivity contribution in [1.82, 2.24) is 15.0 Å². The number of rotatable bonds is 6. The van der Waals surface area contributed by atoms with Gasteiger partial charge in [-0.3, -0.25) is 0 Å². The van der Waals surface area contributed by atoms with Gasteiger partial charge in [-0.1, -0.05) is 183 Å². The van der Waals surface area contributed by atoms with E-state index in [2.05, 4.69) is 159 Å². The minimum atomic E-state index is -1.43. The molecule has 0 aliphatic heterocycles. The van der Waals surface area contributed by atoms with Crippen molar-refractivity contribution in [2.24, 2.45) is 0 Å². The molecule has 0 saturated heterocycles. The van der Waals surface area contributed by atoms with Crippen molar-refractivity contribution in [3.05, 3.63) is 180 Å². The van der Waals surface area contributed by atoms with Crippen LogP contribution in [0.15, 0.2) is 158 Å². The highest BCUT2D eigenvalue weighted by atomic mass is 28.3. The number of nitrogens with zero attached hydrogens (tertiary/aromatic N) is 3. The van der Waals surface area contributed by atoms with Crippen LogP contribution in [0, 0.1) is 0 Å². The smallest absolute Gasteiger partial charge is 0.164 e. The number of hydrogen-bond donors (Lipinski definition) is 0. The van der Waals surface area contributed by atoms with Crippen LogP contribution in [0.1, 0.15) is 22.3 Å². The maximum atomic E-state index is 5.05. The molecule has 8 rings (SSSR count). The maximum absolute atomic E-state index is 5.05. The Balaban J connectivity index is 1.28. The molecule has 0 spiro atoms. The average molecular weight is 622 g/mol. The minimum absolute atomic E-state index is 0.440. The molecule has 3 nitrogen and oxygen atoms in total. The molecule has 0 atom stereocenters. The van der Waals surface area contributed by atoms with Gasteiger partial charge in [0.2, 0.25) is 0 Å². The van der Waals surface area contributed by atoms with Crippen LogP contribution in [0.3, 0.4) is 0 Å². The van der Waals surface area contributed by atoms with Gasteiger partial charge in [0, 0.05) is 16.7 Å². The molecule has 0 fully saturated rings. The van der Waals surface area contributed by atoms with E-state index < -0.39 is 13.5 Å². The zero-order valence-electron chi connectivity index (χ0n) is 26.9. The third kappa shape index (κ3) is 4.93. The summed E-state index contributed by atoms with van der Waals surface area (Å²) in [7, 11) is -1.43. The van der Waals surface area contributed by atoms with E-state index in [1.54, 1.807) is 0 Å². The minimum Gasteiger partial charge on any atom is -0.208 e. The van der Waals surface area contributed by atoms with E-state index >= 15 is 0 Å². The zero-order valence-corrected chi connectivity index (χ0v) is 27.9. The Morgan fingerprint density at radius 2 is 0.766 bits per heavy atom. The predicted molar refractivity (Wildman–Crippen MR) is 196 cm³/mol. The van der Waals surface area contributed by atoms with Gasteiger partial charge in [-0.25, -0.2) is 15.0 Å². The van der Waals surface area contributed by atoms with Crippen LogP contribution in [0.25, 0.3) is 45.3 Å². The number of aromatic nitrogens is 3. The first-order valence-corrected chi connectivity index (χ1v) is 19.7. The molecule has 1 aliphatic carbocycles. The van der Waals surface area contributed by atoms with Crippen molar-refractivity contribution in [3.8, 4) is 45.3 Å². The molecule has 0 radical (unpaired) electrons. The van der Waals surface area contributed by atoms with E-state index in [-0.39, 0.29) is 0 Å². The van der Waals surface area contributed by atoms with Gasteiger partial charge in [0.1, 0.15) is 0 Å². The molecule has 226 valence electrons. The highest BCUT2D eigenvalue weighted by molar-refractivity contribution is 6.88. The SMILES string of the molecule is C[Si](C)(C)c1ccc(-c2nc(-c3ccccc3)nc(-c3ccc(C4(c5ccccc5)c5ccccc5-c5ccccc54)cc3)n2)cc1. The molecule has 0 amide bonds. The Kier molecular flexibility index (Phi) is 7.04. The molecule has 4 heteroatoms. The van der Waals surface area contributed by atoms with Crippen LogP contribution in [-0.4, -0.2) is 23.0 Å². The van der Waals surface area contributed by atoms with Gasteiger partial charge in [0.05, 0.1) is 13.5 Å². The summed E-state index contributed by atoms with van der Waals surface area (Å²) in [5, 5.41) is 1.41. The Hall–Kier alpha value is -5.45. The lowest BCUT2D eigenvalue weighted by Crippen LogP contribution is -2.37. The van der Waals surface area contributed by atoms with Crippen molar-refractivity contribution >= 4 is 13.3 Å². The molecule has 0 unspecified atom stereocenters. The van der Waals surface area contributed by atoms with Gasteiger partial charge in [0.15, 0.2) is 17.5 Å². The molecule has 1 heterocycles. The third-order valence-electron chi connectivity index (χ3n) is 9.41. The second-order valence-electron chi connectivity index (χ2n) is 13.3. The molecule has 0 saturated carbocycles. The standard InChI is InChI=1S/C43H35N3Si/c1-47(2,3)35-28-24-32(25-29-35)42-45-40(30-14-6-4-7-15-30)44-41(46-42)31-22-26-34(27-23-31)43(33-16-8-5-9-17-33)38-20-12-10-18-36(38)37-19-11-13-21-39(37)43/h4-29H,1-3H3. The molecule has 7 aromatic rings. The first-order chi connectivity index (χ1) is 22.9. The summed E-state index contributed by atoms with van der Waals surface area (Å²) in [6, 6.07) is 56.4. The van der Waals surface area contributed by atoms with E-state index in [0.717, 1.165) is 16.7 Å². The van der Waals surface area contributed by atoms with Gasteiger partial charge in [-0.05, 0) is 33.4 Å². The van der Waals surface area contributed by atoms with Gasteiger partial charge in [0.25, 0.3) is 0 Å². The quantitative estimate of drug-likeness (QED) is 0.174. The molecule has 1 aromatic heterocycles. The van der Waals surface area contributed by atoms with Crippen LogP contribution < -0.4 is 5.19 Å². The van der Waals surface area contributed by atoms with Crippen LogP contribution in [0.2, 0.25) is 19.6 Å². The fraction of sp³-hybridized carbons (Fsp3) is 0.0930. The van der Waals surface area contributed by atoms with Crippen molar-refractivity contribution in [2.45, 2.75) is 25.1 Å². The lowest BCUT2D eigenvalue weighted by molar-refractivity contribution is 0.768. The summed E-state index contributed by atoms with van der Waals surface area (Å²) in [5.74, 6) is 2.01. The summed E-state index contributed by atoms with van der Waals surface area (Å²) in [6.45, 7) is 7.10. The monoisotopic (exact) mass is 621 g/mol. The maximum Gasteiger partial charge on any atom is 0.164 e. The van der Waals surface area contributed by atoms with Gasteiger partial charge >= 0.3 is 0 Å². The van der Waals surface area contributed by atoms with Crippen LogP contribution in [0.4, 0.5) is 0 Å². The molecule has 0 N–H and O–H groups in total. The molecule has 1 aliphatic rings. The van der Waals surface area contributed by atoms with E-state index in [1.807, 2.05) is 18.2 Å². The summed E-state index contributed by atoms with van der Waals surface area (Å²) < 4.78 is 0. The average Bonchev–Trinajstić information content (AvgIpc) is 3.43. The first-order valence-electron chi connectivity index (χ1n) is 16.2. The van der Waals surface area contributed by atoms with Gasteiger partial charge in [-0.15, -0.1) is 0 Å². The number of fused-ring (bicyclic) bond motifs is 3. The molecular weight excluding hydrogens is 587 g/mol. The van der Waals surface area contributed by atoms with Crippen molar-refractivity contribution < 1.29 is 0 Å². The summed E-state index contributed by atoms with van der Waals surface area (Å²) in [5.41, 5.74) is 10.1. The lowest BCUT2D eigenvalue weighted by atomic mass is 9.67. The van der Waals surface area contributed by atoms with E-state index in [0.29, 0.717) is 17.5 Å². The Morgan fingerprint density at radius 3 is 1.26 bits per heavy atom. The number of hydrogen-bond acceptors (Lipinski definition) is 3. The second-order valence-corrected chi connectivity index (χ2v) is 18.4. The van der Waals surface area contributed by atoms with Crippen molar-refractivity contribution in [3.63, 3.8) is 0 Å². The molecule has 0 bridgehead atoms.